The summed E-state index contributed by atoms with van der Waals surface area (Å²) in [5.41, 5.74) is -1.12. The average molecular weight is 264 g/mol. The Labute approximate surface area is 109 Å². The second kappa shape index (κ2) is 4.18. The maximum Gasteiger partial charge on any atom is 0.330 e. The van der Waals surface area contributed by atoms with Gasteiger partial charge in [0.1, 0.15) is 5.60 Å². The normalized spacial score (nSPS) is 29.9. The van der Waals surface area contributed by atoms with E-state index < -0.39 is 17.5 Å². The van der Waals surface area contributed by atoms with Gasteiger partial charge < -0.3 is 9.84 Å². The Morgan fingerprint density at radius 2 is 2.26 bits per heavy atom. The van der Waals surface area contributed by atoms with Crippen LogP contribution >= 0.6 is 0 Å². The molecule has 1 fully saturated rings. The first-order valence-electron chi connectivity index (χ1n) is 6.36. The Bertz CT molecular complexity index is 641. The summed E-state index contributed by atoms with van der Waals surface area (Å²) in [4.78, 5) is 25.4. The van der Waals surface area contributed by atoms with Crippen LogP contribution in [0, 0.1) is 12.8 Å². The van der Waals surface area contributed by atoms with E-state index in [-0.39, 0.29) is 12.2 Å². The van der Waals surface area contributed by atoms with E-state index in [9.17, 15) is 14.7 Å². The minimum absolute atomic E-state index is 0.0955. The average Bonchev–Trinajstić information content (AvgIpc) is 3.15. The lowest BCUT2D eigenvalue weighted by Gasteiger charge is -2.27. The van der Waals surface area contributed by atoms with Crippen LogP contribution in [0.5, 0.6) is 0 Å². The molecule has 2 heterocycles. The highest BCUT2D eigenvalue weighted by molar-refractivity contribution is 5.17. The summed E-state index contributed by atoms with van der Waals surface area (Å²) in [5, 5.41) is 9.54. The SMILES string of the molecule is Cc1cn([C@H]2C=C[C@](CO)(C3CC3)O2)c(=O)[nH]c1=O. The van der Waals surface area contributed by atoms with Gasteiger partial charge in [-0.05, 0) is 37.8 Å². The van der Waals surface area contributed by atoms with E-state index in [1.807, 2.05) is 6.08 Å². The van der Waals surface area contributed by atoms with Gasteiger partial charge in [0.15, 0.2) is 6.23 Å². The molecule has 1 aromatic rings. The van der Waals surface area contributed by atoms with E-state index in [4.69, 9.17) is 4.74 Å². The zero-order valence-corrected chi connectivity index (χ0v) is 10.6. The fourth-order valence-electron chi connectivity index (χ4n) is 2.50. The van der Waals surface area contributed by atoms with Crippen LogP contribution < -0.4 is 11.2 Å². The number of H-pyrrole nitrogens is 1. The molecule has 19 heavy (non-hydrogen) atoms. The van der Waals surface area contributed by atoms with Crippen molar-refractivity contribution in [2.45, 2.75) is 31.6 Å². The van der Waals surface area contributed by atoms with Gasteiger partial charge in [0.05, 0.1) is 6.61 Å². The maximum absolute atomic E-state index is 11.8. The lowest BCUT2D eigenvalue weighted by molar-refractivity contribution is -0.0962. The Morgan fingerprint density at radius 3 is 2.89 bits per heavy atom. The number of aliphatic hydroxyl groups excluding tert-OH is 1. The summed E-state index contributed by atoms with van der Waals surface area (Å²) in [7, 11) is 0. The second-order valence-electron chi connectivity index (χ2n) is 5.23. The van der Waals surface area contributed by atoms with Gasteiger partial charge in [-0.3, -0.25) is 14.3 Å². The number of nitrogens with one attached hydrogen (secondary N) is 1. The van der Waals surface area contributed by atoms with E-state index >= 15 is 0 Å². The molecule has 0 bridgehead atoms. The van der Waals surface area contributed by atoms with Crippen molar-refractivity contribution in [1.29, 1.82) is 0 Å². The standard InChI is InChI=1S/C13H16N2O4/c1-8-6-15(12(18)14-11(8)17)10-4-5-13(7-16,19-10)9-2-3-9/h4-6,9-10,16H,2-3,7H2,1H3,(H,14,17,18)/t10-,13+/m1/s1. The molecule has 1 aliphatic carbocycles. The smallest absolute Gasteiger partial charge is 0.330 e. The number of aromatic nitrogens is 2. The van der Waals surface area contributed by atoms with Crippen molar-refractivity contribution in [1.82, 2.24) is 9.55 Å². The largest absolute Gasteiger partial charge is 0.393 e. The predicted octanol–water partition coefficient (Wildman–Crippen LogP) is 0.0711. The lowest BCUT2D eigenvalue weighted by Crippen LogP contribution is -2.38. The van der Waals surface area contributed by atoms with Gasteiger partial charge in [-0.25, -0.2) is 4.79 Å². The van der Waals surface area contributed by atoms with Gasteiger partial charge in [-0.2, -0.15) is 0 Å². The fraction of sp³-hybridized carbons (Fsp3) is 0.538. The molecular weight excluding hydrogens is 248 g/mol. The Morgan fingerprint density at radius 1 is 1.53 bits per heavy atom. The summed E-state index contributed by atoms with van der Waals surface area (Å²) in [6.07, 6.45) is 6.55. The second-order valence-corrected chi connectivity index (χ2v) is 5.23. The van der Waals surface area contributed by atoms with E-state index in [1.165, 1.54) is 10.8 Å². The van der Waals surface area contributed by atoms with E-state index in [2.05, 4.69) is 4.98 Å². The number of hydrogen-bond donors (Lipinski definition) is 2. The zero-order chi connectivity index (χ0) is 13.6. The minimum Gasteiger partial charge on any atom is -0.393 e. The third-order valence-corrected chi connectivity index (χ3v) is 3.82. The molecule has 0 aromatic carbocycles. The van der Waals surface area contributed by atoms with Gasteiger partial charge in [-0.15, -0.1) is 0 Å². The molecule has 1 aromatic heterocycles. The van der Waals surface area contributed by atoms with Crippen LogP contribution in [0.4, 0.5) is 0 Å². The Hall–Kier alpha value is -1.66. The van der Waals surface area contributed by atoms with Gasteiger partial charge in [0.25, 0.3) is 5.56 Å². The summed E-state index contributed by atoms with van der Waals surface area (Å²) >= 11 is 0. The lowest BCUT2D eigenvalue weighted by atomic mass is 10.00. The van der Waals surface area contributed by atoms with Crippen LogP contribution in [0.15, 0.2) is 27.9 Å². The molecule has 0 radical (unpaired) electrons. The van der Waals surface area contributed by atoms with Gasteiger partial charge in [0, 0.05) is 11.8 Å². The maximum atomic E-state index is 11.8. The van der Waals surface area contributed by atoms with Crippen LogP contribution in [0.25, 0.3) is 0 Å². The Balaban J connectivity index is 1.94. The number of aryl methyl sites for hydroxylation is 1. The van der Waals surface area contributed by atoms with Crippen LogP contribution in [0.3, 0.4) is 0 Å². The highest BCUT2D eigenvalue weighted by Crippen LogP contribution is 2.47. The van der Waals surface area contributed by atoms with Crippen molar-refractivity contribution in [3.63, 3.8) is 0 Å². The number of hydrogen-bond acceptors (Lipinski definition) is 4. The molecule has 1 saturated carbocycles. The Kier molecular flexibility index (Phi) is 2.72. The van der Waals surface area contributed by atoms with Crippen LogP contribution in [-0.4, -0.2) is 26.9 Å². The van der Waals surface area contributed by atoms with Crippen molar-refractivity contribution in [3.8, 4) is 0 Å². The topological polar surface area (TPSA) is 84.3 Å². The van der Waals surface area contributed by atoms with Crippen LogP contribution in [-0.2, 0) is 4.74 Å². The number of nitrogens with zero attached hydrogens (tertiary/aromatic N) is 1. The first-order valence-corrected chi connectivity index (χ1v) is 6.36. The third kappa shape index (κ3) is 1.97. The molecule has 102 valence electrons. The molecule has 0 spiro atoms. The number of rotatable bonds is 3. The number of aromatic amines is 1. The van der Waals surface area contributed by atoms with Crippen molar-refractivity contribution in [2.75, 3.05) is 6.61 Å². The fourth-order valence-corrected chi connectivity index (χ4v) is 2.50. The molecule has 2 atom stereocenters. The molecule has 0 unspecified atom stereocenters. The number of aliphatic hydroxyl groups is 1. The van der Waals surface area contributed by atoms with E-state index in [0.29, 0.717) is 11.5 Å². The highest BCUT2D eigenvalue weighted by Gasteiger charge is 2.48. The van der Waals surface area contributed by atoms with E-state index in [1.54, 1.807) is 13.0 Å². The quantitative estimate of drug-likeness (QED) is 0.757. The molecule has 1 aliphatic heterocycles. The van der Waals surface area contributed by atoms with Crippen molar-refractivity contribution in [2.24, 2.45) is 5.92 Å². The molecule has 0 saturated heterocycles. The molecule has 0 amide bonds. The van der Waals surface area contributed by atoms with Crippen molar-refractivity contribution >= 4 is 0 Å². The molecular formula is C13H16N2O4. The molecule has 2 N–H and O–H groups in total. The first kappa shape index (κ1) is 12.4. The molecule has 6 nitrogen and oxygen atoms in total. The number of ether oxygens (including phenoxy) is 1. The predicted molar refractivity (Wildman–Crippen MR) is 67.9 cm³/mol. The van der Waals surface area contributed by atoms with E-state index in [0.717, 1.165) is 12.8 Å². The summed E-state index contributed by atoms with van der Waals surface area (Å²) in [5.74, 6) is 0.318. The summed E-state index contributed by atoms with van der Waals surface area (Å²) in [6.45, 7) is 1.54. The van der Waals surface area contributed by atoms with Crippen molar-refractivity contribution < 1.29 is 9.84 Å². The summed E-state index contributed by atoms with van der Waals surface area (Å²) < 4.78 is 7.20. The zero-order valence-electron chi connectivity index (χ0n) is 10.6. The minimum atomic E-state index is -0.672. The van der Waals surface area contributed by atoms with Crippen LogP contribution in [0.2, 0.25) is 0 Å². The van der Waals surface area contributed by atoms with Crippen molar-refractivity contribution in [3.05, 3.63) is 44.8 Å². The molecule has 6 heteroatoms. The highest BCUT2D eigenvalue weighted by atomic mass is 16.5. The van der Waals surface area contributed by atoms with Gasteiger partial charge in [-0.1, -0.05) is 0 Å². The summed E-state index contributed by atoms with van der Waals surface area (Å²) in [6, 6.07) is 0. The first-order chi connectivity index (χ1) is 9.05. The third-order valence-electron chi connectivity index (χ3n) is 3.82. The van der Waals surface area contributed by atoms with Gasteiger partial charge in [0.2, 0.25) is 0 Å². The monoisotopic (exact) mass is 264 g/mol. The van der Waals surface area contributed by atoms with Gasteiger partial charge >= 0.3 is 5.69 Å². The molecule has 2 aliphatic rings. The van der Waals surface area contributed by atoms with Crippen LogP contribution in [0.1, 0.15) is 24.6 Å². The molecule has 3 rings (SSSR count).